The molecule has 110 valence electrons. The van der Waals surface area contributed by atoms with Gasteiger partial charge in [-0.1, -0.05) is 35.9 Å². The number of ether oxygens (including phenoxy) is 1. The Labute approximate surface area is 132 Å². The van der Waals surface area contributed by atoms with Crippen molar-refractivity contribution in [2.24, 2.45) is 0 Å². The Kier molecular flexibility index (Phi) is 5.65. The van der Waals surface area contributed by atoms with Crippen molar-refractivity contribution < 1.29 is 13.9 Å². The van der Waals surface area contributed by atoms with Crippen LogP contribution in [0.2, 0.25) is 5.02 Å². The van der Waals surface area contributed by atoms with Crippen LogP contribution in [0, 0.1) is 5.82 Å². The second-order valence-electron chi connectivity index (χ2n) is 4.39. The first kappa shape index (κ1) is 15.9. The van der Waals surface area contributed by atoms with Crippen LogP contribution >= 0.6 is 23.4 Å². The molecule has 21 heavy (non-hydrogen) atoms. The zero-order chi connectivity index (χ0) is 15.2. The van der Waals surface area contributed by atoms with E-state index >= 15 is 0 Å². The number of hydrogen-bond donors (Lipinski definition) is 0. The molecule has 5 heteroatoms. The number of benzene rings is 2. The number of hydrogen-bond acceptors (Lipinski definition) is 3. The van der Waals surface area contributed by atoms with Gasteiger partial charge in [-0.05, 0) is 29.3 Å². The van der Waals surface area contributed by atoms with Crippen molar-refractivity contribution in [3.63, 3.8) is 0 Å². The summed E-state index contributed by atoms with van der Waals surface area (Å²) in [4.78, 5) is 12.3. The fourth-order valence-corrected chi connectivity index (χ4v) is 3.04. The molecule has 0 aliphatic carbocycles. The average molecular weight is 325 g/mol. The number of rotatable bonds is 5. The SMILES string of the molecule is COC(=O)Cc1ccccc1CSc1ccc(F)c(Cl)c1. The Morgan fingerprint density at radius 1 is 1.24 bits per heavy atom. The van der Waals surface area contributed by atoms with Crippen molar-refractivity contribution >= 4 is 29.3 Å². The van der Waals surface area contributed by atoms with Crippen LogP contribution in [0.15, 0.2) is 47.4 Å². The molecule has 0 atom stereocenters. The number of esters is 1. The molecule has 0 heterocycles. The molecule has 0 spiro atoms. The van der Waals surface area contributed by atoms with E-state index in [-0.39, 0.29) is 17.4 Å². The minimum atomic E-state index is -0.424. The van der Waals surface area contributed by atoms with E-state index in [4.69, 9.17) is 16.3 Å². The lowest BCUT2D eigenvalue weighted by atomic mass is 10.1. The van der Waals surface area contributed by atoms with E-state index in [1.165, 1.54) is 13.2 Å². The molecular weight excluding hydrogens is 311 g/mol. The molecule has 0 fully saturated rings. The van der Waals surface area contributed by atoms with Gasteiger partial charge in [-0.25, -0.2) is 4.39 Å². The molecule has 0 bridgehead atoms. The van der Waals surface area contributed by atoms with E-state index in [1.54, 1.807) is 23.9 Å². The first-order chi connectivity index (χ1) is 10.1. The smallest absolute Gasteiger partial charge is 0.309 e. The van der Waals surface area contributed by atoms with Crippen molar-refractivity contribution in [1.82, 2.24) is 0 Å². The maximum atomic E-state index is 13.1. The van der Waals surface area contributed by atoms with Gasteiger partial charge in [0.05, 0.1) is 18.6 Å². The second-order valence-corrected chi connectivity index (χ2v) is 5.84. The third-order valence-electron chi connectivity index (χ3n) is 2.97. The van der Waals surface area contributed by atoms with Crippen LogP contribution < -0.4 is 0 Å². The number of thioether (sulfide) groups is 1. The van der Waals surface area contributed by atoms with E-state index < -0.39 is 5.82 Å². The molecule has 0 saturated carbocycles. The molecule has 0 amide bonds. The van der Waals surface area contributed by atoms with Crippen molar-refractivity contribution in [1.29, 1.82) is 0 Å². The topological polar surface area (TPSA) is 26.3 Å². The van der Waals surface area contributed by atoms with E-state index in [9.17, 15) is 9.18 Å². The van der Waals surface area contributed by atoms with E-state index in [0.29, 0.717) is 5.75 Å². The standard InChI is InChI=1S/C16H14ClFO2S/c1-20-16(19)8-11-4-2-3-5-12(11)10-21-13-6-7-15(18)14(17)9-13/h2-7,9H,8,10H2,1H3. The highest BCUT2D eigenvalue weighted by atomic mass is 35.5. The predicted octanol–water partition coefficient (Wildman–Crippen LogP) is 4.49. The first-order valence-electron chi connectivity index (χ1n) is 6.31. The van der Waals surface area contributed by atoms with Gasteiger partial charge < -0.3 is 4.74 Å². The van der Waals surface area contributed by atoms with Gasteiger partial charge in [0.2, 0.25) is 0 Å². The Morgan fingerprint density at radius 2 is 1.95 bits per heavy atom. The van der Waals surface area contributed by atoms with Crippen molar-refractivity contribution in [2.75, 3.05) is 7.11 Å². The number of carbonyl (C=O) groups is 1. The maximum Gasteiger partial charge on any atom is 0.309 e. The van der Waals surface area contributed by atoms with Crippen LogP contribution in [0.4, 0.5) is 4.39 Å². The first-order valence-corrected chi connectivity index (χ1v) is 7.68. The Balaban J connectivity index is 2.09. The fourth-order valence-electron chi connectivity index (χ4n) is 1.83. The van der Waals surface area contributed by atoms with E-state index in [0.717, 1.165) is 16.0 Å². The Morgan fingerprint density at radius 3 is 2.62 bits per heavy atom. The molecule has 0 aromatic heterocycles. The Bertz CT molecular complexity index is 646. The van der Waals surface area contributed by atoms with Gasteiger partial charge in [-0.2, -0.15) is 0 Å². The number of methoxy groups -OCH3 is 1. The van der Waals surface area contributed by atoms with Gasteiger partial charge in [0, 0.05) is 10.6 Å². The zero-order valence-corrected chi connectivity index (χ0v) is 13.0. The van der Waals surface area contributed by atoms with Crippen LogP contribution in [0.25, 0.3) is 0 Å². The quantitative estimate of drug-likeness (QED) is 0.599. The van der Waals surface area contributed by atoms with Crippen LogP contribution in [0.3, 0.4) is 0 Å². The molecule has 0 radical (unpaired) electrons. The molecular formula is C16H14ClFO2S. The third-order valence-corrected chi connectivity index (χ3v) is 4.30. The van der Waals surface area contributed by atoms with E-state index in [1.807, 2.05) is 24.3 Å². The van der Waals surface area contributed by atoms with Crippen molar-refractivity contribution in [3.8, 4) is 0 Å². The summed E-state index contributed by atoms with van der Waals surface area (Å²) in [7, 11) is 1.38. The summed E-state index contributed by atoms with van der Waals surface area (Å²) in [6.07, 6.45) is 0.247. The van der Waals surface area contributed by atoms with Crippen LogP contribution in [-0.2, 0) is 21.7 Å². The second kappa shape index (κ2) is 7.48. The molecule has 2 nitrogen and oxygen atoms in total. The lowest BCUT2D eigenvalue weighted by Crippen LogP contribution is -2.06. The lowest BCUT2D eigenvalue weighted by molar-refractivity contribution is -0.139. The minimum absolute atomic E-state index is 0.114. The number of halogens is 2. The maximum absolute atomic E-state index is 13.1. The molecule has 0 N–H and O–H groups in total. The van der Waals surface area contributed by atoms with E-state index in [2.05, 4.69) is 0 Å². The molecule has 0 saturated heterocycles. The monoisotopic (exact) mass is 324 g/mol. The summed E-state index contributed by atoms with van der Waals surface area (Å²) in [5.41, 5.74) is 1.98. The van der Waals surface area contributed by atoms with Crippen LogP contribution in [0.5, 0.6) is 0 Å². The number of carbonyl (C=O) groups excluding carboxylic acids is 1. The largest absolute Gasteiger partial charge is 0.469 e. The zero-order valence-electron chi connectivity index (χ0n) is 11.4. The summed E-state index contributed by atoms with van der Waals surface area (Å²) in [5, 5.41) is 0.114. The summed E-state index contributed by atoms with van der Waals surface area (Å²) in [5.74, 6) is -0.0147. The molecule has 0 aliphatic heterocycles. The van der Waals surface area contributed by atoms with Crippen molar-refractivity contribution in [3.05, 3.63) is 64.4 Å². The summed E-state index contributed by atoms with van der Waals surface area (Å²) < 4.78 is 17.8. The third kappa shape index (κ3) is 4.48. The Hall–Kier alpha value is -1.52. The van der Waals surface area contributed by atoms with Gasteiger partial charge in [0.25, 0.3) is 0 Å². The van der Waals surface area contributed by atoms with Gasteiger partial charge in [0.1, 0.15) is 5.82 Å². The molecule has 2 aromatic rings. The average Bonchev–Trinajstić information content (AvgIpc) is 2.49. The highest BCUT2D eigenvalue weighted by molar-refractivity contribution is 7.98. The van der Waals surface area contributed by atoms with Gasteiger partial charge in [0.15, 0.2) is 0 Å². The van der Waals surface area contributed by atoms with Crippen LogP contribution in [-0.4, -0.2) is 13.1 Å². The molecule has 0 aliphatic rings. The van der Waals surface area contributed by atoms with Crippen LogP contribution in [0.1, 0.15) is 11.1 Å². The highest BCUT2D eigenvalue weighted by Crippen LogP contribution is 2.28. The van der Waals surface area contributed by atoms with Crippen molar-refractivity contribution in [2.45, 2.75) is 17.1 Å². The van der Waals surface area contributed by atoms with Gasteiger partial charge >= 0.3 is 5.97 Å². The summed E-state index contributed by atoms with van der Waals surface area (Å²) in [6.45, 7) is 0. The summed E-state index contributed by atoms with van der Waals surface area (Å²) in [6, 6.07) is 12.3. The molecule has 2 aromatic carbocycles. The molecule has 2 rings (SSSR count). The van der Waals surface area contributed by atoms with Gasteiger partial charge in [-0.15, -0.1) is 11.8 Å². The molecule has 0 unspecified atom stereocenters. The summed E-state index contributed by atoms with van der Waals surface area (Å²) >= 11 is 7.31. The van der Waals surface area contributed by atoms with Gasteiger partial charge in [-0.3, -0.25) is 4.79 Å². The predicted molar refractivity (Wildman–Crippen MR) is 83.1 cm³/mol. The highest BCUT2D eigenvalue weighted by Gasteiger charge is 2.08. The minimum Gasteiger partial charge on any atom is -0.469 e. The fraction of sp³-hybridized carbons (Fsp3) is 0.188. The lowest BCUT2D eigenvalue weighted by Gasteiger charge is -2.09. The normalized spacial score (nSPS) is 10.4.